The van der Waals surface area contributed by atoms with E-state index < -0.39 is 0 Å². The number of nitrogens with zero attached hydrogens (tertiary/aromatic N) is 2. The van der Waals surface area contributed by atoms with Crippen molar-refractivity contribution in [3.8, 4) is 0 Å². The number of rotatable bonds is 6. The number of nitrogens with one attached hydrogen (secondary N) is 1. The third kappa shape index (κ3) is 3.97. The first-order valence-corrected chi connectivity index (χ1v) is 6.30. The van der Waals surface area contributed by atoms with Crippen LogP contribution in [0.25, 0.3) is 0 Å². The minimum absolute atomic E-state index is 0.326. The van der Waals surface area contributed by atoms with E-state index in [9.17, 15) is 5.11 Å². The van der Waals surface area contributed by atoms with E-state index in [1.165, 1.54) is 0 Å². The molecule has 0 aliphatic carbocycles. The lowest BCUT2D eigenvalue weighted by molar-refractivity contribution is 0.114. The number of aromatic nitrogens is 2. The molecule has 0 saturated heterocycles. The molecule has 17 heavy (non-hydrogen) atoms. The summed E-state index contributed by atoms with van der Waals surface area (Å²) in [5.74, 6) is 1.08. The van der Waals surface area contributed by atoms with Crippen LogP contribution in [0.5, 0.6) is 0 Å². The van der Waals surface area contributed by atoms with Crippen LogP contribution in [0, 0.1) is 19.8 Å². The lowest BCUT2D eigenvalue weighted by Crippen LogP contribution is -2.28. The molecule has 2 N–H and O–H groups in total. The summed E-state index contributed by atoms with van der Waals surface area (Å²) >= 11 is 0. The van der Waals surface area contributed by atoms with E-state index >= 15 is 0 Å². The molecule has 0 radical (unpaired) electrons. The predicted molar refractivity (Wildman–Crippen MR) is 70.1 cm³/mol. The Morgan fingerprint density at radius 3 is 2.41 bits per heavy atom. The molecule has 1 atom stereocenters. The van der Waals surface area contributed by atoms with Crippen molar-refractivity contribution in [3.63, 3.8) is 0 Å². The maximum atomic E-state index is 9.98. The second-order valence-electron chi connectivity index (χ2n) is 4.45. The molecule has 1 unspecified atom stereocenters. The summed E-state index contributed by atoms with van der Waals surface area (Å²) in [6.07, 6.45) is 3.38. The van der Waals surface area contributed by atoms with Gasteiger partial charge in [-0.2, -0.15) is 0 Å². The second-order valence-corrected chi connectivity index (χ2v) is 4.45. The number of aliphatic hydroxyl groups excluding tert-OH is 1. The number of aryl methyl sites for hydroxylation is 2. The van der Waals surface area contributed by atoms with Crippen molar-refractivity contribution in [2.75, 3.05) is 11.9 Å². The zero-order valence-electron chi connectivity index (χ0n) is 11.2. The highest BCUT2D eigenvalue weighted by Gasteiger charge is 2.15. The van der Waals surface area contributed by atoms with E-state index in [-0.39, 0.29) is 6.10 Å². The topological polar surface area (TPSA) is 58.0 Å². The predicted octanol–water partition coefficient (Wildman–Crippen LogP) is 2.30. The Morgan fingerprint density at radius 1 is 1.24 bits per heavy atom. The van der Waals surface area contributed by atoms with Crippen LogP contribution in [-0.2, 0) is 0 Å². The largest absolute Gasteiger partial charge is 0.391 e. The highest BCUT2D eigenvalue weighted by molar-refractivity contribution is 5.33. The van der Waals surface area contributed by atoms with E-state index in [2.05, 4.69) is 29.1 Å². The Morgan fingerprint density at radius 2 is 1.88 bits per heavy atom. The summed E-state index contributed by atoms with van der Waals surface area (Å²) in [5.41, 5.74) is 1.86. The van der Waals surface area contributed by atoms with Gasteiger partial charge < -0.3 is 10.4 Å². The Bertz CT molecular complexity index is 351. The molecule has 96 valence electrons. The Kier molecular flexibility index (Phi) is 5.35. The van der Waals surface area contributed by atoms with Gasteiger partial charge in [0.2, 0.25) is 0 Å². The minimum atomic E-state index is -0.326. The van der Waals surface area contributed by atoms with Crippen LogP contribution in [0.1, 0.15) is 38.1 Å². The van der Waals surface area contributed by atoms with Crippen LogP contribution in [0.3, 0.4) is 0 Å². The van der Waals surface area contributed by atoms with Crippen LogP contribution >= 0.6 is 0 Å². The first-order chi connectivity index (χ1) is 8.08. The molecule has 4 nitrogen and oxygen atoms in total. The first-order valence-electron chi connectivity index (χ1n) is 6.30. The average Bonchev–Trinajstić information content (AvgIpc) is 2.32. The van der Waals surface area contributed by atoms with Gasteiger partial charge in [0, 0.05) is 6.54 Å². The summed E-state index contributed by atoms with van der Waals surface area (Å²) in [5, 5.41) is 13.1. The number of anilines is 1. The van der Waals surface area contributed by atoms with Crippen molar-refractivity contribution in [2.45, 2.75) is 46.6 Å². The van der Waals surface area contributed by atoms with Crippen LogP contribution in [-0.4, -0.2) is 27.7 Å². The van der Waals surface area contributed by atoms with Gasteiger partial charge in [-0.05, 0) is 19.8 Å². The van der Waals surface area contributed by atoms with Crippen LogP contribution < -0.4 is 5.32 Å². The molecule has 1 heterocycles. The zero-order valence-corrected chi connectivity index (χ0v) is 11.2. The van der Waals surface area contributed by atoms with Gasteiger partial charge in [-0.1, -0.05) is 26.7 Å². The second kappa shape index (κ2) is 6.55. The molecule has 0 saturated carbocycles. The Labute approximate surface area is 103 Å². The molecule has 0 bridgehead atoms. The maximum absolute atomic E-state index is 9.98. The van der Waals surface area contributed by atoms with Gasteiger partial charge >= 0.3 is 0 Å². The quantitative estimate of drug-likeness (QED) is 0.797. The summed E-state index contributed by atoms with van der Waals surface area (Å²) < 4.78 is 0. The molecule has 0 spiro atoms. The van der Waals surface area contributed by atoms with E-state index in [0.29, 0.717) is 12.5 Å². The summed E-state index contributed by atoms with van der Waals surface area (Å²) in [6.45, 7) is 8.61. The normalized spacial score (nSPS) is 12.8. The molecule has 4 heteroatoms. The van der Waals surface area contributed by atoms with Gasteiger partial charge in [-0.25, -0.2) is 4.98 Å². The monoisotopic (exact) mass is 237 g/mol. The smallest absolute Gasteiger partial charge is 0.144 e. The van der Waals surface area contributed by atoms with Crippen LogP contribution in [0.2, 0.25) is 0 Å². The SMILES string of the molecule is CCC(CC)C(O)CNc1cnc(C)c(C)n1. The number of hydrogen-bond donors (Lipinski definition) is 2. The maximum Gasteiger partial charge on any atom is 0.144 e. The first kappa shape index (κ1) is 13.9. The fourth-order valence-corrected chi connectivity index (χ4v) is 1.84. The Balaban J connectivity index is 2.52. The van der Waals surface area contributed by atoms with Crippen molar-refractivity contribution >= 4 is 5.82 Å². The van der Waals surface area contributed by atoms with Crippen molar-refractivity contribution in [1.82, 2.24) is 9.97 Å². The molecular weight excluding hydrogens is 214 g/mol. The molecule has 0 fully saturated rings. The lowest BCUT2D eigenvalue weighted by Gasteiger charge is -2.20. The Hall–Kier alpha value is -1.16. The standard InChI is InChI=1S/C13H23N3O/c1-5-11(6-2)12(17)7-15-13-8-14-9(3)10(4)16-13/h8,11-12,17H,5-7H2,1-4H3,(H,15,16). The molecule has 0 aliphatic rings. The summed E-state index contributed by atoms with van der Waals surface area (Å²) in [7, 11) is 0. The number of hydrogen-bond acceptors (Lipinski definition) is 4. The van der Waals surface area contributed by atoms with Gasteiger partial charge in [0.1, 0.15) is 5.82 Å². The summed E-state index contributed by atoms with van der Waals surface area (Å²) in [6, 6.07) is 0. The van der Waals surface area contributed by atoms with Crippen molar-refractivity contribution in [2.24, 2.45) is 5.92 Å². The summed E-state index contributed by atoms with van der Waals surface area (Å²) in [4.78, 5) is 8.61. The zero-order chi connectivity index (χ0) is 12.8. The molecule has 0 aromatic carbocycles. The van der Waals surface area contributed by atoms with Crippen molar-refractivity contribution in [3.05, 3.63) is 17.6 Å². The minimum Gasteiger partial charge on any atom is -0.391 e. The van der Waals surface area contributed by atoms with Gasteiger partial charge in [0.25, 0.3) is 0 Å². The van der Waals surface area contributed by atoms with E-state index in [4.69, 9.17) is 0 Å². The van der Waals surface area contributed by atoms with Gasteiger partial charge in [-0.3, -0.25) is 4.98 Å². The molecular formula is C13H23N3O. The van der Waals surface area contributed by atoms with Crippen LogP contribution in [0.15, 0.2) is 6.20 Å². The van der Waals surface area contributed by atoms with E-state index in [1.807, 2.05) is 13.8 Å². The number of aliphatic hydroxyl groups is 1. The van der Waals surface area contributed by atoms with Gasteiger partial charge in [-0.15, -0.1) is 0 Å². The molecule has 1 aromatic heterocycles. The van der Waals surface area contributed by atoms with E-state index in [1.54, 1.807) is 6.20 Å². The highest BCUT2D eigenvalue weighted by atomic mass is 16.3. The van der Waals surface area contributed by atoms with Crippen LogP contribution in [0.4, 0.5) is 5.82 Å². The lowest BCUT2D eigenvalue weighted by atomic mass is 9.97. The fourth-order valence-electron chi connectivity index (χ4n) is 1.84. The fraction of sp³-hybridized carbons (Fsp3) is 0.692. The molecule has 1 rings (SSSR count). The van der Waals surface area contributed by atoms with Crippen molar-refractivity contribution < 1.29 is 5.11 Å². The van der Waals surface area contributed by atoms with E-state index in [0.717, 1.165) is 30.0 Å². The van der Waals surface area contributed by atoms with Crippen molar-refractivity contribution in [1.29, 1.82) is 0 Å². The van der Waals surface area contributed by atoms with Gasteiger partial charge in [0.05, 0.1) is 23.7 Å². The third-order valence-corrected chi connectivity index (χ3v) is 3.28. The third-order valence-electron chi connectivity index (χ3n) is 3.28. The van der Waals surface area contributed by atoms with Gasteiger partial charge in [0.15, 0.2) is 0 Å². The molecule has 0 amide bonds. The molecule has 0 aliphatic heterocycles. The average molecular weight is 237 g/mol. The molecule has 1 aromatic rings. The highest BCUT2D eigenvalue weighted by Crippen LogP contribution is 2.14.